The van der Waals surface area contributed by atoms with Crippen LogP contribution in [0.15, 0.2) is 36.4 Å². The number of nitrogens with two attached hydrogens (primary N) is 1. The van der Waals surface area contributed by atoms with E-state index in [9.17, 15) is 23.1 Å². The van der Waals surface area contributed by atoms with Crippen LogP contribution in [0.5, 0.6) is 11.5 Å². The number of hydrogen-bond acceptors (Lipinski definition) is 7. The molecule has 0 saturated carbocycles. The Morgan fingerprint density at radius 3 is 2.50 bits per heavy atom. The molecule has 3 N–H and O–H groups in total. The highest BCUT2D eigenvalue weighted by Crippen LogP contribution is 2.37. The Balaban J connectivity index is 2.13. The van der Waals surface area contributed by atoms with Gasteiger partial charge in [-0.1, -0.05) is 12.1 Å². The average molecular weight is 404 g/mol. The zero-order valence-corrected chi connectivity index (χ0v) is 16.2. The molecule has 0 bridgehead atoms. The largest absolute Gasteiger partial charge is 0.504 e. The number of fused-ring (bicyclic) bond motifs is 1. The number of nitrogens with zero attached hydrogens (tertiary/aromatic N) is 1. The minimum atomic E-state index is -3.57. The van der Waals surface area contributed by atoms with E-state index in [0.29, 0.717) is 5.56 Å². The van der Waals surface area contributed by atoms with Crippen LogP contribution in [0.1, 0.15) is 39.2 Å². The number of phenolic OH excluding ortho intramolecular Hbond substituents is 1. The highest BCUT2D eigenvalue weighted by atomic mass is 32.2. The van der Waals surface area contributed by atoms with Crippen LogP contribution < -0.4 is 10.5 Å². The summed E-state index contributed by atoms with van der Waals surface area (Å²) in [4.78, 5) is 26.8. The summed E-state index contributed by atoms with van der Waals surface area (Å²) < 4.78 is 29.4. The number of carbonyl (C=O) groups excluding carboxylic acids is 2. The molecule has 1 heterocycles. The number of anilines is 1. The van der Waals surface area contributed by atoms with Gasteiger partial charge in [-0.15, -0.1) is 0 Å². The summed E-state index contributed by atoms with van der Waals surface area (Å²) in [5.41, 5.74) is 6.56. The molecule has 2 amide bonds. The molecule has 1 atom stereocenters. The smallest absolute Gasteiger partial charge is 0.264 e. The molecule has 0 fully saturated rings. The van der Waals surface area contributed by atoms with E-state index in [1.165, 1.54) is 30.3 Å². The molecule has 0 aromatic heterocycles. The van der Waals surface area contributed by atoms with Gasteiger partial charge in [0.15, 0.2) is 11.5 Å². The van der Waals surface area contributed by atoms with Crippen LogP contribution >= 0.6 is 0 Å². The van der Waals surface area contributed by atoms with Gasteiger partial charge in [-0.2, -0.15) is 0 Å². The van der Waals surface area contributed by atoms with Gasteiger partial charge in [0.25, 0.3) is 11.8 Å². The molecular weight excluding hydrogens is 384 g/mol. The predicted molar refractivity (Wildman–Crippen MR) is 103 cm³/mol. The van der Waals surface area contributed by atoms with E-state index in [2.05, 4.69) is 0 Å². The first-order chi connectivity index (χ1) is 13.1. The third-order valence-electron chi connectivity index (χ3n) is 4.42. The Morgan fingerprint density at radius 2 is 1.89 bits per heavy atom. The zero-order valence-electron chi connectivity index (χ0n) is 15.4. The number of aromatic hydroxyl groups is 1. The van der Waals surface area contributed by atoms with Crippen molar-refractivity contribution in [2.45, 2.75) is 13.0 Å². The van der Waals surface area contributed by atoms with Gasteiger partial charge >= 0.3 is 0 Å². The topological polar surface area (TPSA) is 127 Å². The first-order valence-electron chi connectivity index (χ1n) is 8.54. The minimum absolute atomic E-state index is 0.0646. The summed E-state index contributed by atoms with van der Waals surface area (Å²) in [5, 5.41) is 9.92. The maximum absolute atomic E-state index is 13.0. The maximum atomic E-state index is 13.0. The van der Waals surface area contributed by atoms with Crippen LogP contribution in [0.4, 0.5) is 5.69 Å². The van der Waals surface area contributed by atoms with Crippen molar-refractivity contribution < 1.29 is 27.9 Å². The van der Waals surface area contributed by atoms with Crippen molar-refractivity contribution in [2.75, 3.05) is 24.3 Å². The lowest BCUT2D eigenvalue weighted by atomic mass is 10.1. The number of rotatable bonds is 6. The molecule has 9 heteroatoms. The first kappa shape index (κ1) is 19.7. The fourth-order valence-corrected chi connectivity index (χ4v) is 4.14. The van der Waals surface area contributed by atoms with E-state index >= 15 is 0 Å². The summed E-state index contributed by atoms with van der Waals surface area (Å²) in [5.74, 6) is -1.75. The van der Waals surface area contributed by atoms with Crippen LogP contribution in [-0.4, -0.2) is 48.9 Å². The summed E-state index contributed by atoms with van der Waals surface area (Å²) in [6.07, 6.45) is 1.02. The second kappa shape index (κ2) is 7.16. The Morgan fingerprint density at radius 1 is 1.18 bits per heavy atom. The fourth-order valence-electron chi connectivity index (χ4n) is 3.23. The molecule has 2 aromatic rings. The Labute approximate surface area is 162 Å². The Bertz CT molecular complexity index is 1060. The number of nitrogen functional groups attached to an aromatic ring is 1. The lowest BCUT2D eigenvalue weighted by Gasteiger charge is -2.26. The molecule has 2 aromatic carbocycles. The SMILES string of the molecule is CCOc1cc([C@@H](CS(C)(=O)=O)N2C(=O)c3cccc(N)c3C2=O)ccc1O. The zero-order chi connectivity index (χ0) is 20.6. The van der Waals surface area contributed by atoms with Crippen molar-refractivity contribution >= 4 is 27.3 Å². The molecule has 148 valence electrons. The fraction of sp³-hybridized carbons (Fsp3) is 0.263. The van der Waals surface area contributed by atoms with Crippen molar-refractivity contribution in [1.29, 1.82) is 0 Å². The van der Waals surface area contributed by atoms with Crippen LogP contribution in [0.3, 0.4) is 0 Å². The lowest BCUT2D eigenvalue weighted by Crippen LogP contribution is -2.37. The summed E-state index contributed by atoms with van der Waals surface area (Å²) in [7, 11) is -3.57. The number of phenols is 1. The molecular formula is C19H20N2O6S. The molecule has 28 heavy (non-hydrogen) atoms. The van der Waals surface area contributed by atoms with Gasteiger partial charge in [0.1, 0.15) is 9.84 Å². The number of carbonyl (C=O) groups is 2. The standard InChI is InChI=1S/C19H20N2O6S/c1-3-27-16-9-11(7-8-15(16)22)14(10-28(2,25)26)21-18(23)12-5-4-6-13(20)17(12)19(21)24/h4-9,14,22H,3,10,20H2,1-2H3/t14-/m1/s1. The molecule has 1 aliphatic rings. The van der Waals surface area contributed by atoms with Crippen LogP contribution in [-0.2, 0) is 9.84 Å². The van der Waals surface area contributed by atoms with E-state index in [4.69, 9.17) is 10.5 Å². The molecule has 8 nitrogen and oxygen atoms in total. The molecule has 0 unspecified atom stereocenters. The maximum Gasteiger partial charge on any atom is 0.264 e. The van der Waals surface area contributed by atoms with Crippen LogP contribution in [0.25, 0.3) is 0 Å². The number of amides is 2. The Hall–Kier alpha value is -3.07. The van der Waals surface area contributed by atoms with Gasteiger partial charge in [-0.25, -0.2) is 8.42 Å². The van der Waals surface area contributed by atoms with E-state index < -0.39 is 33.4 Å². The molecule has 0 aliphatic carbocycles. The second-order valence-electron chi connectivity index (χ2n) is 6.52. The van der Waals surface area contributed by atoms with E-state index in [-0.39, 0.29) is 34.9 Å². The van der Waals surface area contributed by atoms with Gasteiger partial charge in [-0.05, 0) is 36.8 Å². The van der Waals surface area contributed by atoms with Crippen molar-refractivity contribution in [2.24, 2.45) is 0 Å². The number of sulfone groups is 1. The average Bonchev–Trinajstić information content (AvgIpc) is 2.86. The predicted octanol–water partition coefficient (Wildman–Crippen LogP) is 1.76. The van der Waals surface area contributed by atoms with E-state index in [0.717, 1.165) is 11.2 Å². The molecule has 0 saturated heterocycles. The summed E-state index contributed by atoms with van der Waals surface area (Å²) in [6.45, 7) is 2.00. The number of ether oxygens (including phenoxy) is 1. The van der Waals surface area contributed by atoms with Crippen LogP contribution in [0, 0.1) is 0 Å². The second-order valence-corrected chi connectivity index (χ2v) is 8.70. The van der Waals surface area contributed by atoms with Crippen molar-refractivity contribution in [3.63, 3.8) is 0 Å². The quantitative estimate of drug-likeness (QED) is 0.555. The molecule has 0 radical (unpaired) electrons. The monoisotopic (exact) mass is 404 g/mol. The number of imide groups is 1. The van der Waals surface area contributed by atoms with Gasteiger partial charge in [0.05, 0.1) is 29.5 Å². The minimum Gasteiger partial charge on any atom is -0.504 e. The summed E-state index contributed by atoms with van der Waals surface area (Å²) in [6, 6.07) is 7.67. The van der Waals surface area contributed by atoms with Gasteiger partial charge < -0.3 is 15.6 Å². The first-order valence-corrected chi connectivity index (χ1v) is 10.6. The molecule has 3 rings (SSSR count). The summed E-state index contributed by atoms with van der Waals surface area (Å²) >= 11 is 0. The highest BCUT2D eigenvalue weighted by molar-refractivity contribution is 7.90. The van der Waals surface area contributed by atoms with Crippen molar-refractivity contribution in [3.8, 4) is 11.5 Å². The van der Waals surface area contributed by atoms with Crippen LogP contribution in [0.2, 0.25) is 0 Å². The normalized spacial score (nSPS) is 14.9. The molecule has 1 aliphatic heterocycles. The number of hydrogen-bond donors (Lipinski definition) is 2. The van der Waals surface area contributed by atoms with Gasteiger partial charge in [0, 0.05) is 11.9 Å². The van der Waals surface area contributed by atoms with Crippen molar-refractivity contribution in [3.05, 3.63) is 53.1 Å². The Kier molecular flexibility index (Phi) is 5.03. The lowest BCUT2D eigenvalue weighted by molar-refractivity contribution is 0.0598. The number of benzene rings is 2. The van der Waals surface area contributed by atoms with Gasteiger partial charge in [-0.3, -0.25) is 14.5 Å². The van der Waals surface area contributed by atoms with Crippen molar-refractivity contribution in [1.82, 2.24) is 4.90 Å². The van der Waals surface area contributed by atoms with E-state index in [1.807, 2.05) is 0 Å². The molecule has 0 spiro atoms. The third-order valence-corrected chi connectivity index (χ3v) is 5.34. The van der Waals surface area contributed by atoms with E-state index in [1.54, 1.807) is 13.0 Å². The highest BCUT2D eigenvalue weighted by Gasteiger charge is 2.42. The van der Waals surface area contributed by atoms with Gasteiger partial charge in [0.2, 0.25) is 0 Å². The third kappa shape index (κ3) is 3.53.